The number of aryl methyl sites for hydroxylation is 1. The van der Waals surface area contributed by atoms with Crippen molar-refractivity contribution in [3.05, 3.63) is 65.7 Å². The third-order valence-electron chi connectivity index (χ3n) is 3.31. The fourth-order valence-electron chi connectivity index (χ4n) is 2.11. The summed E-state index contributed by atoms with van der Waals surface area (Å²) < 4.78 is 0. The molecule has 2 rings (SSSR count). The van der Waals surface area contributed by atoms with Crippen LogP contribution in [0.2, 0.25) is 0 Å². The molecule has 0 aromatic heterocycles. The fraction of sp³-hybridized carbons (Fsp3) is 0.294. The van der Waals surface area contributed by atoms with Gasteiger partial charge in [0.15, 0.2) is 0 Å². The van der Waals surface area contributed by atoms with Crippen LogP contribution in [0.15, 0.2) is 54.6 Å². The first-order chi connectivity index (χ1) is 8.62. The van der Waals surface area contributed by atoms with Gasteiger partial charge in [-0.3, -0.25) is 0 Å². The van der Waals surface area contributed by atoms with Crippen LogP contribution >= 0.6 is 8.58 Å². The van der Waals surface area contributed by atoms with Crippen molar-refractivity contribution in [3.63, 3.8) is 0 Å². The van der Waals surface area contributed by atoms with E-state index in [-0.39, 0.29) is 5.16 Å². The van der Waals surface area contributed by atoms with Crippen molar-refractivity contribution in [2.24, 2.45) is 0 Å². The van der Waals surface area contributed by atoms with Crippen LogP contribution in [0.3, 0.4) is 0 Å². The Labute approximate surface area is 112 Å². The molecule has 1 unspecified atom stereocenters. The van der Waals surface area contributed by atoms with E-state index < -0.39 is 0 Å². The van der Waals surface area contributed by atoms with E-state index in [2.05, 4.69) is 75.4 Å². The summed E-state index contributed by atoms with van der Waals surface area (Å²) in [6.45, 7) is 6.87. The second-order valence-electron chi connectivity index (χ2n) is 5.17. The molecule has 0 radical (unpaired) electrons. The van der Waals surface area contributed by atoms with Crippen molar-refractivity contribution < 1.29 is 0 Å². The van der Waals surface area contributed by atoms with Gasteiger partial charge in [-0.15, -0.1) is 0 Å². The van der Waals surface area contributed by atoms with Crippen molar-refractivity contribution in [1.29, 1.82) is 0 Å². The van der Waals surface area contributed by atoms with E-state index in [9.17, 15) is 0 Å². The Morgan fingerprint density at radius 3 is 2.06 bits per heavy atom. The Kier molecular flexibility index (Phi) is 4.19. The van der Waals surface area contributed by atoms with Gasteiger partial charge < -0.3 is 0 Å². The first-order valence-electron chi connectivity index (χ1n) is 6.54. The fourth-order valence-corrected chi connectivity index (χ4v) is 3.50. The van der Waals surface area contributed by atoms with E-state index in [0.717, 1.165) is 15.0 Å². The van der Waals surface area contributed by atoms with E-state index >= 15 is 0 Å². The maximum absolute atomic E-state index is 2.33. The van der Waals surface area contributed by atoms with Gasteiger partial charge in [0.2, 0.25) is 0 Å². The average molecular weight is 256 g/mol. The highest BCUT2D eigenvalue weighted by atomic mass is 31.1. The van der Waals surface area contributed by atoms with Crippen LogP contribution in [0, 0.1) is 0 Å². The molecular weight excluding hydrogens is 235 g/mol. The highest BCUT2D eigenvalue weighted by molar-refractivity contribution is 7.48. The Hall–Kier alpha value is -1.13. The van der Waals surface area contributed by atoms with Crippen molar-refractivity contribution in [2.45, 2.75) is 32.3 Å². The molecule has 0 heterocycles. The van der Waals surface area contributed by atoms with Crippen LogP contribution in [-0.4, -0.2) is 0 Å². The van der Waals surface area contributed by atoms with Gasteiger partial charge >= 0.3 is 0 Å². The lowest BCUT2D eigenvalue weighted by Crippen LogP contribution is -2.14. The Morgan fingerprint density at radius 1 is 0.889 bits per heavy atom. The molecule has 0 nitrogen and oxygen atoms in total. The average Bonchev–Trinajstić information content (AvgIpc) is 2.39. The van der Waals surface area contributed by atoms with Crippen molar-refractivity contribution in [2.75, 3.05) is 0 Å². The Morgan fingerprint density at radius 2 is 1.50 bits per heavy atom. The first-order valence-corrected chi connectivity index (χ1v) is 7.54. The zero-order valence-corrected chi connectivity index (χ0v) is 12.4. The van der Waals surface area contributed by atoms with Crippen LogP contribution in [-0.2, 0) is 11.6 Å². The molecule has 0 aliphatic rings. The molecular formula is C17H21P. The molecule has 1 atom stereocenters. The molecule has 18 heavy (non-hydrogen) atoms. The number of hydrogen-bond acceptors (Lipinski definition) is 0. The minimum atomic E-state index is 0.216. The van der Waals surface area contributed by atoms with Gasteiger partial charge in [0, 0.05) is 5.16 Å². The largest absolute Gasteiger partial charge is 0.0800 e. The van der Waals surface area contributed by atoms with Gasteiger partial charge in [0.1, 0.15) is 0 Å². The lowest BCUT2D eigenvalue weighted by Gasteiger charge is -2.25. The molecule has 1 heteroatoms. The van der Waals surface area contributed by atoms with Crippen LogP contribution in [0.4, 0.5) is 0 Å². The number of hydrogen-bond donors (Lipinski definition) is 0. The van der Waals surface area contributed by atoms with E-state index in [1.54, 1.807) is 0 Å². The summed E-state index contributed by atoms with van der Waals surface area (Å²) in [5.74, 6) is 0. The SMILES string of the molecule is CCc1ccc(C(C)(C)Pc2ccccc2)cc1. The van der Waals surface area contributed by atoms with Crippen LogP contribution in [0.25, 0.3) is 0 Å². The molecule has 2 aromatic rings. The van der Waals surface area contributed by atoms with Gasteiger partial charge in [0.05, 0.1) is 0 Å². The highest BCUT2D eigenvalue weighted by Gasteiger charge is 2.20. The van der Waals surface area contributed by atoms with Crippen LogP contribution in [0.1, 0.15) is 31.9 Å². The summed E-state index contributed by atoms with van der Waals surface area (Å²) in [5.41, 5.74) is 2.85. The zero-order chi connectivity index (χ0) is 13.0. The molecule has 2 aromatic carbocycles. The Bertz CT molecular complexity index is 483. The molecule has 0 aliphatic heterocycles. The van der Waals surface area contributed by atoms with Crippen molar-refractivity contribution in [3.8, 4) is 0 Å². The summed E-state index contributed by atoms with van der Waals surface area (Å²) in [6.07, 6.45) is 1.11. The lowest BCUT2D eigenvalue weighted by atomic mass is 10.0. The molecule has 0 amide bonds. The van der Waals surface area contributed by atoms with Gasteiger partial charge in [-0.25, -0.2) is 0 Å². The normalized spacial score (nSPS) is 12.2. The predicted octanol–water partition coefficient (Wildman–Crippen LogP) is 4.49. The van der Waals surface area contributed by atoms with Gasteiger partial charge in [0.25, 0.3) is 0 Å². The van der Waals surface area contributed by atoms with E-state index in [4.69, 9.17) is 0 Å². The van der Waals surface area contributed by atoms with Crippen LogP contribution in [0.5, 0.6) is 0 Å². The topological polar surface area (TPSA) is 0 Å². The van der Waals surface area contributed by atoms with Crippen molar-refractivity contribution in [1.82, 2.24) is 0 Å². The quantitative estimate of drug-likeness (QED) is 0.707. The minimum absolute atomic E-state index is 0.216. The zero-order valence-electron chi connectivity index (χ0n) is 11.4. The molecule has 0 spiro atoms. The maximum atomic E-state index is 2.33. The molecule has 0 fully saturated rings. The molecule has 0 saturated heterocycles. The number of rotatable bonds is 4. The standard InChI is InChI=1S/C17H21P/c1-4-14-10-12-15(13-11-14)17(2,3)18-16-8-6-5-7-9-16/h5-13,18H,4H2,1-3H3. The number of benzene rings is 2. The summed E-state index contributed by atoms with van der Waals surface area (Å²) in [6, 6.07) is 19.9. The minimum Gasteiger partial charge on any atom is -0.0800 e. The van der Waals surface area contributed by atoms with E-state index in [1.807, 2.05) is 0 Å². The Balaban J connectivity index is 2.19. The van der Waals surface area contributed by atoms with Gasteiger partial charge in [-0.05, 0) is 22.9 Å². The van der Waals surface area contributed by atoms with Gasteiger partial charge in [-0.2, -0.15) is 0 Å². The summed E-state index contributed by atoms with van der Waals surface area (Å²) in [7, 11) is 0.806. The summed E-state index contributed by atoms with van der Waals surface area (Å²) in [4.78, 5) is 0. The molecule has 0 saturated carbocycles. The lowest BCUT2D eigenvalue weighted by molar-refractivity contribution is 0.777. The molecule has 0 bridgehead atoms. The second-order valence-corrected chi connectivity index (χ2v) is 7.24. The molecule has 0 N–H and O–H groups in total. The van der Waals surface area contributed by atoms with Crippen LogP contribution < -0.4 is 5.30 Å². The van der Waals surface area contributed by atoms with E-state index in [0.29, 0.717) is 0 Å². The monoisotopic (exact) mass is 256 g/mol. The second kappa shape index (κ2) is 5.67. The third-order valence-corrected chi connectivity index (χ3v) is 4.85. The first kappa shape index (κ1) is 13.3. The predicted molar refractivity (Wildman–Crippen MR) is 83.2 cm³/mol. The summed E-state index contributed by atoms with van der Waals surface area (Å²) >= 11 is 0. The van der Waals surface area contributed by atoms with Gasteiger partial charge in [-0.1, -0.05) is 83.9 Å². The highest BCUT2D eigenvalue weighted by Crippen LogP contribution is 2.40. The molecule has 94 valence electrons. The third kappa shape index (κ3) is 3.21. The summed E-state index contributed by atoms with van der Waals surface area (Å²) in [5, 5.41) is 1.65. The molecule has 0 aliphatic carbocycles. The maximum Gasteiger partial charge on any atom is 0.0111 e. The van der Waals surface area contributed by atoms with Crippen molar-refractivity contribution >= 4 is 13.9 Å². The smallest absolute Gasteiger partial charge is 0.0111 e. The van der Waals surface area contributed by atoms with E-state index in [1.165, 1.54) is 16.4 Å².